The van der Waals surface area contributed by atoms with Gasteiger partial charge in [0.15, 0.2) is 17.5 Å². The van der Waals surface area contributed by atoms with E-state index in [2.05, 4.69) is 194 Å². The summed E-state index contributed by atoms with van der Waals surface area (Å²) in [6, 6.07) is 77.0. The summed E-state index contributed by atoms with van der Waals surface area (Å²) >= 11 is 1.85. The Balaban J connectivity index is 1.01. The Bertz CT molecular complexity index is 4240. The molecule has 0 spiro atoms. The van der Waals surface area contributed by atoms with Crippen LogP contribution in [0.2, 0.25) is 0 Å². The Morgan fingerprint density at radius 3 is 1.49 bits per heavy atom. The van der Waals surface area contributed by atoms with Crippen molar-refractivity contribution >= 4 is 96.1 Å². The van der Waals surface area contributed by atoms with Gasteiger partial charge in [-0.25, -0.2) is 15.0 Å². The van der Waals surface area contributed by atoms with Gasteiger partial charge in [-0.1, -0.05) is 188 Å². The average Bonchev–Trinajstić information content (AvgIpc) is 3.76. The minimum Gasteiger partial charge on any atom is -0.208 e. The van der Waals surface area contributed by atoms with Crippen LogP contribution < -0.4 is 0 Å². The molecule has 65 heavy (non-hydrogen) atoms. The molecule has 3 nitrogen and oxygen atoms in total. The normalized spacial score (nSPS) is 12.0. The van der Waals surface area contributed by atoms with Crippen molar-refractivity contribution in [3.63, 3.8) is 0 Å². The third kappa shape index (κ3) is 5.58. The zero-order valence-electron chi connectivity index (χ0n) is 35.0. The van der Waals surface area contributed by atoms with Crippen LogP contribution in [-0.4, -0.2) is 15.0 Å². The Labute approximate surface area is 377 Å². The molecule has 4 heteroatoms. The maximum atomic E-state index is 5.36. The first-order chi connectivity index (χ1) is 32.2. The Hall–Kier alpha value is -8.31. The summed E-state index contributed by atoms with van der Waals surface area (Å²) < 4.78 is 2.57. The van der Waals surface area contributed by atoms with Gasteiger partial charge >= 0.3 is 0 Å². The molecule has 0 aliphatic carbocycles. The molecule has 12 aromatic carbocycles. The topological polar surface area (TPSA) is 38.7 Å². The third-order valence-corrected chi connectivity index (χ3v) is 14.6. The summed E-state index contributed by atoms with van der Waals surface area (Å²) in [5.74, 6) is 1.90. The van der Waals surface area contributed by atoms with Gasteiger partial charge in [0.1, 0.15) is 0 Å². The Kier molecular flexibility index (Phi) is 7.85. The van der Waals surface area contributed by atoms with E-state index in [1.807, 2.05) is 29.5 Å². The van der Waals surface area contributed by atoms with Crippen LogP contribution in [0.1, 0.15) is 0 Å². The van der Waals surface area contributed by atoms with Crippen LogP contribution in [0.15, 0.2) is 212 Å². The summed E-state index contributed by atoms with van der Waals surface area (Å²) in [5.41, 5.74) is 7.33. The van der Waals surface area contributed by atoms with Gasteiger partial charge < -0.3 is 0 Å². The molecule has 0 unspecified atom stereocenters. The van der Waals surface area contributed by atoms with Crippen molar-refractivity contribution in [2.45, 2.75) is 0 Å². The van der Waals surface area contributed by atoms with Crippen molar-refractivity contribution in [3.8, 4) is 56.4 Å². The minimum absolute atomic E-state index is 0.630. The first kappa shape index (κ1) is 36.2. The van der Waals surface area contributed by atoms with E-state index < -0.39 is 0 Å². The number of rotatable bonds is 5. The molecule has 0 bridgehead atoms. The average molecular weight is 842 g/mol. The van der Waals surface area contributed by atoms with E-state index in [4.69, 9.17) is 15.0 Å². The van der Waals surface area contributed by atoms with Gasteiger partial charge in [0.05, 0.1) is 0 Å². The lowest BCUT2D eigenvalue weighted by Crippen LogP contribution is -2.01. The van der Waals surface area contributed by atoms with Crippen LogP contribution >= 0.6 is 11.3 Å². The van der Waals surface area contributed by atoms with Gasteiger partial charge in [0, 0.05) is 36.9 Å². The van der Waals surface area contributed by atoms with E-state index in [0.29, 0.717) is 17.5 Å². The second kappa shape index (κ2) is 14.1. The molecular weight excluding hydrogens is 807 g/mol. The highest BCUT2D eigenvalue weighted by atomic mass is 32.1. The van der Waals surface area contributed by atoms with E-state index in [1.54, 1.807) is 0 Å². The van der Waals surface area contributed by atoms with Gasteiger partial charge in [0.2, 0.25) is 0 Å². The van der Waals surface area contributed by atoms with Crippen LogP contribution in [0.4, 0.5) is 0 Å². The van der Waals surface area contributed by atoms with Gasteiger partial charge in [-0.3, -0.25) is 0 Å². The summed E-state index contributed by atoms with van der Waals surface area (Å²) in [4.78, 5) is 15.8. The number of nitrogens with zero attached hydrogens (tertiary/aromatic N) is 3. The number of hydrogen-bond acceptors (Lipinski definition) is 4. The van der Waals surface area contributed by atoms with Crippen LogP contribution in [0, 0.1) is 0 Å². The second-order valence-corrected chi connectivity index (χ2v) is 18.1. The molecule has 0 aliphatic rings. The summed E-state index contributed by atoms with van der Waals surface area (Å²) in [7, 11) is 0. The lowest BCUT2D eigenvalue weighted by molar-refractivity contribution is 1.07. The monoisotopic (exact) mass is 841 g/mol. The molecule has 300 valence electrons. The summed E-state index contributed by atoms with van der Waals surface area (Å²) in [6.07, 6.45) is 0. The third-order valence-electron chi connectivity index (χ3n) is 13.4. The molecule has 0 saturated heterocycles. The highest BCUT2D eigenvalue weighted by molar-refractivity contribution is 7.26. The van der Waals surface area contributed by atoms with E-state index >= 15 is 0 Å². The predicted octanol–water partition coefficient (Wildman–Crippen LogP) is 16.9. The number of hydrogen-bond donors (Lipinski definition) is 0. The quantitative estimate of drug-likeness (QED) is 0.162. The highest BCUT2D eigenvalue weighted by Crippen LogP contribution is 2.46. The maximum Gasteiger partial charge on any atom is 0.164 e. The zero-order valence-corrected chi connectivity index (χ0v) is 35.8. The van der Waals surface area contributed by atoms with Gasteiger partial charge in [-0.05, 0) is 111 Å². The van der Waals surface area contributed by atoms with Gasteiger partial charge in [-0.2, -0.15) is 0 Å². The fraction of sp³-hybridized carbons (Fsp3) is 0. The van der Waals surface area contributed by atoms with Crippen LogP contribution in [0.3, 0.4) is 0 Å². The smallest absolute Gasteiger partial charge is 0.164 e. The van der Waals surface area contributed by atoms with E-state index in [9.17, 15) is 0 Å². The Morgan fingerprint density at radius 1 is 0.262 bits per heavy atom. The maximum absolute atomic E-state index is 5.36. The molecule has 0 atom stereocenters. The Morgan fingerprint density at radius 2 is 0.754 bits per heavy atom. The van der Waals surface area contributed by atoms with Crippen molar-refractivity contribution < 1.29 is 0 Å². The van der Waals surface area contributed by atoms with E-state index in [0.717, 1.165) is 33.4 Å². The molecule has 0 N–H and O–H groups in total. The molecule has 2 aromatic heterocycles. The summed E-state index contributed by atoms with van der Waals surface area (Å²) in [6.45, 7) is 0. The molecule has 0 aliphatic heterocycles. The molecule has 0 saturated carbocycles. The van der Waals surface area contributed by atoms with Gasteiger partial charge in [0.25, 0.3) is 0 Å². The molecule has 14 rings (SSSR count). The number of aromatic nitrogens is 3. The standard InChI is InChI=1S/C61H35N3S/c1-2-13-39(14-3-1)59-62-60(42-19-8-18-40(33-42)45-23-12-27-50-46-21-6-7-28-53(46)65-58(45)50)64-61(63-59)51-22-5-4-20-44(51)43-34-41-32-31-38-16-10-25-48-47-24-9-15-36-29-30-37-17-11-26-49(56(37)54(36)47)52(35-43)57(41)55(38)48/h1-35H. The van der Waals surface area contributed by atoms with Crippen molar-refractivity contribution in [3.05, 3.63) is 212 Å². The lowest BCUT2D eigenvalue weighted by atomic mass is 9.86. The van der Waals surface area contributed by atoms with Crippen molar-refractivity contribution in [2.75, 3.05) is 0 Å². The lowest BCUT2D eigenvalue weighted by Gasteiger charge is -2.18. The number of benzene rings is 11. The van der Waals surface area contributed by atoms with E-state index in [-0.39, 0.29) is 0 Å². The van der Waals surface area contributed by atoms with Crippen molar-refractivity contribution in [1.82, 2.24) is 15.0 Å². The zero-order chi connectivity index (χ0) is 42.6. The van der Waals surface area contributed by atoms with Crippen LogP contribution in [0.5, 0.6) is 0 Å². The largest absolute Gasteiger partial charge is 0.208 e. The van der Waals surface area contributed by atoms with Crippen LogP contribution in [-0.2, 0) is 0 Å². The fourth-order valence-corrected chi connectivity index (χ4v) is 11.7. The molecule has 0 amide bonds. The molecule has 0 fully saturated rings. The fourth-order valence-electron chi connectivity index (χ4n) is 10.5. The number of thiophene rings is 1. The van der Waals surface area contributed by atoms with Crippen LogP contribution in [0.25, 0.3) is 141 Å². The van der Waals surface area contributed by atoms with Crippen molar-refractivity contribution in [2.24, 2.45) is 0 Å². The summed E-state index contributed by atoms with van der Waals surface area (Å²) in [5, 5.41) is 17.7. The SMILES string of the molecule is c1ccc(-c2nc(-c3cccc(-c4cccc5c4sc4ccccc45)c3)nc(-c3ccccc3-c3cc4ccc5cccc6c7cccc8ccc9cccc(c(c3)c4c56)c9c87)n2)cc1. The van der Waals surface area contributed by atoms with Crippen molar-refractivity contribution in [1.29, 1.82) is 0 Å². The second-order valence-electron chi connectivity index (χ2n) is 17.0. The molecular formula is C61H35N3S. The number of fused-ring (bicyclic) bond motifs is 5. The molecule has 0 radical (unpaired) electrons. The minimum atomic E-state index is 0.630. The first-order valence-corrected chi connectivity index (χ1v) is 22.9. The molecule has 2 heterocycles. The molecule has 14 aromatic rings. The highest BCUT2D eigenvalue weighted by Gasteiger charge is 2.20. The van der Waals surface area contributed by atoms with E-state index in [1.165, 1.54) is 90.4 Å². The predicted molar refractivity (Wildman–Crippen MR) is 276 cm³/mol. The van der Waals surface area contributed by atoms with Gasteiger partial charge in [-0.15, -0.1) is 11.3 Å². The first-order valence-electron chi connectivity index (χ1n) is 22.1.